The second-order valence-corrected chi connectivity index (χ2v) is 7.84. The molecule has 1 aliphatic carbocycles. The van der Waals surface area contributed by atoms with Crippen LogP contribution in [0.25, 0.3) is 0 Å². The molecule has 2 rings (SSSR count). The maximum atomic E-state index is 12.0. The molecule has 0 spiro atoms. The number of β-amino-alcohol motifs (C(OH)–C–C–N with tert-alkyl or cyclic N) is 1. The van der Waals surface area contributed by atoms with Crippen LogP contribution in [-0.4, -0.2) is 40.9 Å². The summed E-state index contributed by atoms with van der Waals surface area (Å²) < 4.78 is 5.36. The van der Waals surface area contributed by atoms with Crippen molar-refractivity contribution in [3.8, 4) is 0 Å². The number of nitrogens with zero attached hydrogens (tertiary/aromatic N) is 1. The van der Waals surface area contributed by atoms with Gasteiger partial charge in [-0.15, -0.1) is 0 Å². The molecule has 0 aromatic heterocycles. The van der Waals surface area contributed by atoms with E-state index in [9.17, 15) is 9.90 Å². The Morgan fingerprint density at radius 1 is 1.37 bits per heavy atom. The van der Waals surface area contributed by atoms with Crippen LogP contribution in [0.15, 0.2) is 0 Å². The third kappa shape index (κ3) is 3.62. The number of hydrogen-bond acceptors (Lipinski definition) is 3. The van der Waals surface area contributed by atoms with E-state index >= 15 is 0 Å². The molecule has 1 amide bonds. The van der Waals surface area contributed by atoms with E-state index in [1.165, 1.54) is 6.42 Å². The maximum absolute atomic E-state index is 12.0. The molecule has 2 aliphatic rings. The minimum atomic E-state index is -0.474. The maximum Gasteiger partial charge on any atom is 0.410 e. The van der Waals surface area contributed by atoms with Crippen LogP contribution in [0.4, 0.5) is 4.79 Å². The van der Waals surface area contributed by atoms with Crippen molar-refractivity contribution in [2.45, 2.75) is 59.2 Å². The average molecular weight is 269 g/mol. The highest BCUT2D eigenvalue weighted by Gasteiger charge is 2.48. The molecule has 19 heavy (non-hydrogen) atoms. The van der Waals surface area contributed by atoms with Crippen molar-refractivity contribution in [1.29, 1.82) is 0 Å². The highest BCUT2D eigenvalue weighted by Crippen LogP contribution is 2.55. The van der Waals surface area contributed by atoms with Crippen LogP contribution >= 0.6 is 0 Å². The van der Waals surface area contributed by atoms with Crippen LogP contribution in [0, 0.1) is 17.3 Å². The monoisotopic (exact) mass is 269 g/mol. The van der Waals surface area contributed by atoms with Crippen molar-refractivity contribution >= 4 is 6.09 Å². The van der Waals surface area contributed by atoms with E-state index in [1.54, 1.807) is 4.90 Å². The minimum absolute atomic E-state index is 0.208. The summed E-state index contributed by atoms with van der Waals surface area (Å²) >= 11 is 0. The molecule has 1 saturated carbocycles. The van der Waals surface area contributed by atoms with Crippen molar-refractivity contribution in [3.63, 3.8) is 0 Å². The molecule has 1 aliphatic heterocycles. The topological polar surface area (TPSA) is 49.8 Å². The molecular formula is C15H27NO3. The molecule has 1 N–H and O–H groups in total. The number of rotatable bonds is 2. The smallest absolute Gasteiger partial charge is 0.410 e. The molecule has 3 unspecified atom stereocenters. The molecule has 0 bridgehead atoms. The van der Waals surface area contributed by atoms with Crippen LogP contribution in [0.5, 0.6) is 0 Å². The van der Waals surface area contributed by atoms with Crippen molar-refractivity contribution in [2.24, 2.45) is 17.3 Å². The third-order valence-electron chi connectivity index (χ3n) is 4.36. The lowest BCUT2D eigenvalue weighted by Crippen LogP contribution is -2.35. The molecule has 4 heteroatoms. The normalized spacial score (nSPS) is 33.4. The van der Waals surface area contributed by atoms with Gasteiger partial charge >= 0.3 is 6.09 Å². The van der Waals surface area contributed by atoms with Crippen molar-refractivity contribution in [1.82, 2.24) is 4.90 Å². The van der Waals surface area contributed by atoms with Crippen LogP contribution in [-0.2, 0) is 4.74 Å². The van der Waals surface area contributed by atoms with Gasteiger partial charge in [-0.25, -0.2) is 4.79 Å². The number of carbonyl (C=O) groups is 1. The Balaban J connectivity index is 1.85. The van der Waals surface area contributed by atoms with Gasteiger partial charge in [0, 0.05) is 12.5 Å². The van der Waals surface area contributed by atoms with E-state index in [4.69, 9.17) is 4.74 Å². The van der Waals surface area contributed by atoms with Gasteiger partial charge in [-0.2, -0.15) is 0 Å². The zero-order valence-electron chi connectivity index (χ0n) is 12.8. The molecular weight excluding hydrogens is 242 g/mol. The number of likely N-dealkylation sites (tertiary alicyclic amines) is 1. The first kappa shape index (κ1) is 14.6. The number of ether oxygens (including phenoxy) is 1. The molecule has 0 aromatic rings. The first-order chi connectivity index (χ1) is 8.58. The summed E-state index contributed by atoms with van der Waals surface area (Å²) in [4.78, 5) is 13.6. The third-order valence-corrected chi connectivity index (χ3v) is 4.36. The Morgan fingerprint density at radius 3 is 2.42 bits per heavy atom. The molecule has 1 saturated heterocycles. The van der Waals surface area contributed by atoms with Gasteiger partial charge in [-0.05, 0) is 44.9 Å². The summed E-state index contributed by atoms with van der Waals surface area (Å²) in [6, 6.07) is 0. The zero-order chi connectivity index (χ0) is 14.4. The average Bonchev–Trinajstić information content (AvgIpc) is 2.64. The number of carbonyl (C=O) groups excluding carboxylic acids is 1. The lowest BCUT2D eigenvalue weighted by molar-refractivity contribution is 0.0269. The van der Waals surface area contributed by atoms with E-state index < -0.39 is 11.7 Å². The predicted octanol–water partition coefficient (Wildman–Crippen LogP) is 2.65. The second kappa shape index (κ2) is 4.65. The molecule has 3 atom stereocenters. The summed E-state index contributed by atoms with van der Waals surface area (Å²) in [7, 11) is 0. The van der Waals surface area contributed by atoms with E-state index in [-0.39, 0.29) is 12.0 Å². The van der Waals surface area contributed by atoms with Gasteiger partial charge in [0.1, 0.15) is 5.60 Å². The lowest BCUT2D eigenvalue weighted by atomic mass is 9.95. The Hall–Kier alpha value is -0.770. The quantitative estimate of drug-likeness (QED) is 0.838. The number of aliphatic hydroxyl groups is 1. The molecule has 2 fully saturated rings. The highest BCUT2D eigenvalue weighted by atomic mass is 16.6. The number of hydrogen-bond donors (Lipinski definition) is 1. The lowest BCUT2D eigenvalue weighted by Gasteiger charge is -2.24. The van der Waals surface area contributed by atoms with Gasteiger partial charge in [0.05, 0.1) is 12.6 Å². The van der Waals surface area contributed by atoms with Crippen molar-refractivity contribution in [2.75, 3.05) is 13.1 Å². The van der Waals surface area contributed by atoms with Crippen molar-refractivity contribution < 1.29 is 14.6 Å². The van der Waals surface area contributed by atoms with Crippen LogP contribution in [0.3, 0.4) is 0 Å². The van der Waals surface area contributed by atoms with Crippen molar-refractivity contribution in [3.05, 3.63) is 0 Å². The molecule has 4 nitrogen and oxygen atoms in total. The molecule has 0 aromatic carbocycles. The van der Waals surface area contributed by atoms with Gasteiger partial charge in [0.2, 0.25) is 0 Å². The number of aliphatic hydroxyl groups excluding tert-OH is 1. The van der Waals surface area contributed by atoms with E-state index in [2.05, 4.69) is 13.8 Å². The van der Waals surface area contributed by atoms with E-state index in [1.807, 2.05) is 20.8 Å². The van der Waals surface area contributed by atoms with E-state index in [0.717, 1.165) is 6.42 Å². The Morgan fingerprint density at radius 2 is 1.95 bits per heavy atom. The summed E-state index contributed by atoms with van der Waals surface area (Å²) in [5, 5.41) is 10.1. The van der Waals surface area contributed by atoms with Gasteiger partial charge < -0.3 is 14.7 Å². The first-order valence-electron chi connectivity index (χ1n) is 7.24. The SMILES string of the molecule is CC(C)(C)OC(=O)N1CC(O)C(CC2CC2(C)C)C1. The highest BCUT2D eigenvalue weighted by molar-refractivity contribution is 5.68. The molecule has 110 valence electrons. The second-order valence-electron chi connectivity index (χ2n) is 7.84. The fourth-order valence-corrected chi connectivity index (χ4v) is 2.91. The molecule has 1 heterocycles. The Kier molecular flexibility index (Phi) is 3.58. The van der Waals surface area contributed by atoms with Gasteiger partial charge in [0.25, 0.3) is 0 Å². The predicted molar refractivity (Wildman–Crippen MR) is 73.8 cm³/mol. The fourth-order valence-electron chi connectivity index (χ4n) is 2.91. The summed E-state index contributed by atoms with van der Waals surface area (Å²) in [6.07, 6.45) is 1.56. The summed E-state index contributed by atoms with van der Waals surface area (Å²) in [6.45, 7) is 11.2. The van der Waals surface area contributed by atoms with E-state index in [0.29, 0.717) is 24.4 Å². The van der Waals surface area contributed by atoms with Gasteiger partial charge in [-0.3, -0.25) is 0 Å². The first-order valence-corrected chi connectivity index (χ1v) is 7.24. The Bertz CT molecular complexity index is 359. The minimum Gasteiger partial charge on any atom is -0.444 e. The number of amides is 1. The van der Waals surface area contributed by atoms with Crippen LogP contribution in [0.2, 0.25) is 0 Å². The largest absolute Gasteiger partial charge is 0.444 e. The van der Waals surface area contributed by atoms with Gasteiger partial charge in [0.15, 0.2) is 0 Å². The van der Waals surface area contributed by atoms with Crippen LogP contribution < -0.4 is 0 Å². The standard InChI is InChI=1S/C15H27NO3/c1-14(2,3)19-13(18)16-8-10(12(17)9-16)6-11-7-15(11,4)5/h10-12,17H,6-9H2,1-5H3. The Labute approximate surface area is 116 Å². The van der Waals surface area contributed by atoms with Gasteiger partial charge in [-0.1, -0.05) is 13.8 Å². The molecule has 0 radical (unpaired) electrons. The summed E-state index contributed by atoms with van der Waals surface area (Å²) in [5.74, 6) is 0.907. The summed E-state index contributed by atoms with van der Waals surface area (Å²) in [5.41, 5.74) is -0.0440. The zero-order valence-corrected chi connectivity index (χ0v) is 12.8. The van der Waals surface area contributed by atoms with Crippen LogP contribution in [0.1, 0.15) is 47.5 Å². The fraction of sp³-hybridized carbons (Fsp3) is 0.933.